The zero-order valence-corrected chi connectivity index (χ0v) is 18.0. The Labute approximate surface area is 178 Å². The minimum Gasteiger partial charge on any atom is -0.497 e. The molecule has 0 radical (unpaired) electrons. The van der Waals surface area contributed by atoms with E-state index in [4.69, 9.17) is 9.15 Å². The van der Waals surface area contributed by atoms with Gasteiger partial charge < -0.3 is 9.15 Å². The first-order valence-electron chi connectivity index (χ1n) is 9.58. The molecule has 0 aliphatic carbocycles. The van der Waals surface area contributed by atoms with Crippen molar-refractivity contribution in [2.24, 2.45) is 0 Å². The molecule has 2 aromatic carbocycles. The molecule has 2 heterocycles. The molecular formula is C21H22N6O2S. The van der Waals surface area contributed by atoms with Gasteiger partial charge in [0.25, 0.3) is 0 Å². The summed E-state index contributed by atoms with van der Waals surface area (Å²) >= 11 is 1.46. The number of benzene rings is 2. The summed E-state index contributed by atoms with van der Waals surface area (Å²) in [7, 11) is 1.63. The van der Waals surface area contributed by atoms with Crippen LogP contribution in [0.25, 0.3) is 17.1 Å². The van der Waals surface area contributed by atoms with Crippen LogP contribution in [-0.2, 0) is 0 Å². The van der Waals surface area contributed by atoms with Gasteiger partial charge in [0.2, 0.25) is 16.9 Å². The molecule has 0 saturated carbocycles. The van der Waals surface area contributed by atoms with Crippen molar-refractivity contribution in [3.05, 3.63) is 60.0 Å². The van der Waals surface area contributed by atoms with Gasteiger partial charge in [-0.05, 0) is 65.2 Å². The van der Waals surface area contributed by atoms with Crippen LogP contribution < -0.4 is 4.74 Å². The van der Waals surface area contributed by atoms with Crippen LogP contribution in [0.5, 0.6) is 5.75 Å². The fourth-order valence-corrected chi connectivity index (χ4v) is 3.71. The predicted molar refractivity (Wildman–Crippen MR) is 114 cm³/mol. The number of hydrogen-bond donors (Lipinski definition) is 0. The molecule has 1 unspecified atom stereocenters. The zero-order chi connectivity index (χ0) is 21.1. The van der Waals surface area contributed by atoms with Crippen LogP contribution in [0.3, 0.4) is 0 Å². The number of nitrogens with zero attached hydrogens (tertiary/aromatic N) is 6. The SMILES string of the molecule is COc1ccc(-c2nnc(C(C)Sc3nnnn3-c3ccc(C(C)C)cc3)o2)cc1. The van der Waals surface area contributed by atoms with Gasteiger partial charge in [0.1, 0.15) is 5.75 Å². The third-order valence-electron chi connectivity index (χ3n) is 4.65. The monoisotopic (exact) mass is 422 g/mol. The zero-order valence-electron chi connectivity index (χ0n) is 17.2. The van der Waals surface area contributed by atoms with Crippen LogP contribution >= 0.6 is 11.8 Å². The molecule has 0 fully saturated rings. The van der Waals surface area contributed by atoms with Crippen LogP contribution in [-0.4, -0.2) is 37.5 Å². The number of thioether (sulfide) groups is 1. The Morgan fingerprint density at radius 1 is 0.933 bits per heavy atom. The predicted octanol–water partition coefficient (Wildman–Crippen LogP) is 4.70. The van der Waals surface area contributed by atoms with E-state index >= 15 is 0 Å². The smallest absolute Gasteiger partial charge is 0.247 e. The molecule has 1 atom stereocenters. The highest BCUT2D eigenvalue weighted by Gasteiger charge is 2.20. The second-order valence-corrected chi connectivity index (χ2v) is 8.36. The summed E-state index contributed by atoms with van der Waals surface area (Å²) in [5.41, 5.74) is 3.01. The first-order valence-corrected chi connectivity index (χ1v) is 10.5. The average molecular weight is 423 g/mol. The third kappa shape index (κ3) is 4.20. The van der Waals surface area contributed by atoms with Crippen molar-refractivity contribution in [1.29, 1.82) is 0 Å². The molecule has 8 nitrogen and oxygen atoms in total. The maximum absolute atomic E-state index is 5.88. The molecule has 0 saturated heterocycles. The summed E-state index contributed by atoms with van der Waals surface area (Å²) in [5, 5.41) is 21.0. The quantitative estimate of drug-likeness (QED) is 0.396. The van der Waals surface area contributed by atoms with Gasteiger partial charge in [0.05, 0.1) is 18.0 Å². The minimum atomic E-state index is -0.121. The Morgan fingerprint density at radius 2 is 1.67 bits per heavy atom. The van der Waals surface area contributed by atoms with E-state index in [9.17, 15) is 0 Å². The van der Waals surface area contributed by atoms with E-state index in [1.165, 1.54) is 17.3 Å². The Hall–Kier alpha value is -3.20. The molecular weight excluding hydrogens is 400 g/mol. The lowest BCUT2D eigenvalue weighted by Crippen LogP contribution is -2.01. The summed E-state index contributed by atoms with van der Waals surface area (Å²) in [4.78, 5) is 0. The lowest BCUT2D eigenvalue weighted by Gasteiger charge is -2.09. The number of aromatic nitrogens is 6. The average Bonchev–Trinajstić information content (AvgIpc) is 3.44. The Bertz CT molecular complexity index is 1110. The van der Waals surface area contributed by atoms with E-state index in [0.717, 1.165) is 17.0 Å². The second-order valence-electron chi connectivity index (χ2n) is 7.05. The van der Waals surface area contributed by atoms with Crippen molar-refractivity contribution in [3.63, 3.8) is 0 Å². The lowest BCUT2D eigenvalue weighted by atomic mass is 10.0. The van der Waals surface area contributed by atoms with E-state index in [1.807, 2.05) is 43.3 Å². The summed E-state index contributed by atoms with van der Waals surface area (Å²) < 4.78 is 12.8. The van der Waals surface area contributed by atoms with Gasteiger partial charge in [-0.15, -0.1) is 15.3 Å². The van der Waals surface area contributed by atoms with Gasteiger partial charge in [-0.1, -0.05) is 37.7 Å². The van der Waals surface area contributed by atoms with Gasteiger partial charge in [0.15, 0.2) is 0 Å². The molecule has 0 N–H and O–H groups in total. The lowest BCUT2D eigenvalue weighted by molar-refractivity contribution is 0.415. The topological polar surface area (TPSA) is 91.8 Å². The first-order chi connectivity index (χ1) is 14.5. The molecule has 4 aromatic rings. The summed E-state index contributed by atoms with van der Waals surface area (Å²) in [6, 6.07) is 15.7. The molecule has 154 valence electrons. The number of hydrogen-bond acceptors (Lipinski definition) is 8. The highest BCUT2D eigenvalue weighted by molar-refractivity contribution is 7.99. The Morgan fingerprint density at radius 3 is 2.33 bits per heavy atom. The van der Waals surface area contributed by atoms with Gasteiger partial charge in [-0.3, -0.25) is 0 Å². The third-order valence-corrected chi connectivity index (χ3v) is 5.67. The van der Waals surface area contributed by atoms with Gasteiger partial charge in [0, 0.05) is 5.56 Å². The maximum atomic E-state index is 5.88. The molecule has 0 aliphatic heterocycles. The molecule has 0 amide bonds. The fourth-order valence-electron chi connectivity index (χ4n) is 2.87. The maximum Gasteiger partial charge on any atom is 0.247 e. The summed E-state index contributed by atoms with van der Waals surface area (Å²) in [5.74, 6) is 2.22. The van der Waals surface area contributed by atoms with Gasteiger partial charge >= 0.3 is 0 Å². The van der Waals surface area contributed by atoms with E-state index < -0.39 is 0 Å². The molecule has 0 aliphatic rings. The molecule has 9 heteroatoms. The van der Waals surface area contributed by atoms with Crippen LogP contribution in [0, 0.1) is 0 Å². The normalized spacial score (nSPS) is 12.3. The molecule has 0 bridgehead atoms. The van der Waals surface area contributed by atoms with E-state index in [1.54, 1.807) is 11.8 Å². The van der Waals surface area contributed by atoms with Crippen molar-refractivity contribution in [3.8, 4) is 22.9 Å². The largest absolute Gasteiger partial charge is 0.497 e. The van der Waals surface area contributed by atoms with Crippen molar-refractivity contribution < 1.29 is 9.15 Å². The van der Waals surface area contributed by atoms with Crippen molar-refractivity contribution >= 4 is 11.8 Å². The van der Waals surface area contributed by atoms with Crippen LogP contribution in [0.15, 0.2) is 58.1 Å². The van der Waals surface area contributed by atoms with Crippen LogP contribution in [0.4, 0.5) is 0 Å². The van der Waals surface area contributed by atoms with Gasteiger partial charge in [-0.25, -0.2) is 0 Å². The second kappa shape index (κ2) is 8.66. The molecule has 30 heavy (non-hydrogen) atoms. The number of tetrazole rings is 1. The van der Waals surface area contributed by atoms with Crippen molar-refractivity contribution in [1.82, 2.24) is 30.4 Å². The van der Waals surface area contributed by atoms with E-state index in [-0.39, 0.29) is 5.25 Å². The van der Waals surface area contributed by atoms with E-state index in [2.05, 4.69) is 51.7 Å². The first kappa shape index (κ1) is 20.1. The number of ether oxygens (including phenoxy) is 1. The van der Waals surface area contributed by atoms with Crippen molar-refractivity contribution in [2.75, 3.05) is 7.11 Å². The summed E-state index contributed by atoms with van der Waals surface area (Å²) in [6.07, 6.45) is 0. The fraction of sp³-hybridized carbons (Fsp3) is 0.286. The standard InChI is InChI=1S/C21H22N6O2S/c1-13(2)15-5-9-17(10-6-15)27-21(24-25-26-27)30-14(3)19-22-23-20(29-19)16-7-11-18(28-4)12-8-16/h5-14H,1-4H3. The van der Waals surface area contributed by atoms with E-state index in [0.29, 0.717) is 22.9 Å². The minimum absolute atomic E-state index is 0.121. The molecule has 0 spiro atoms. The number of rotatable bonds is 7. The Balaban J connectivity index is 1.50. The Kier molecular flexibility index (Phi) is 5.80. The van der Waals surface area contributed by atoms with Crippen LogP contribution in [0.1, 0.15) is 43.4 Å². The molecule has 4 rings (SSSR count). The highest BCUT2D eigenvalue weighted by Crippen LogP contribution is 2.34. The number of methoxy groups -OCH3 is 1. The van der Waals surface area contributed by atoms with Crippen LogP contribution in [0.2, 0.25) is 0 Å². The molecule has 2 aromatic heterocycles. The highest BCUT2D eigenvalue weighted by atomic mass is 32.2. The van der Waals surface area contributed by atoms with Gasteiger partial charge in [-0.2, -0.15) is 4.68 Å². The summed E-state index contributed by atoms with van der Waals surface area (Å²) in [6.45, 7) is 6.32. The van der Waals surface area contributed by atoms with Crippen molar-refractivity contribution in [2.45, 2.75) is 37.1 Å².